The molecule has 0 aromatic heterocycles. The fourth-order valence-corrected chi connectivity index (χ4v) is 4.40. The molecule has 0 radical (unpaired) electrons. The second-order valence-corrected chi connectivity index (χ2v) is 9.51. The molecule has 0 heterocycles. The first kappa shape index (κ1) is 23.6. The number of sulfonamides is 1. The quantitative estimate of drug-likeness (QED) is 0.443. The van der Waals surface area contributed by atoms with Crippen molar-refractivity contribution in [2.45, 2.75) is 17.4 Å². The normalized spacial score (nSPS) is 12.1. The van der Waals surface area contributed by atoms with E-state index in [0.29, 0.717) is 11.3 Å². The van der Waals surface area contributed by atoms with E-state index in [4.69, 9.17) is 0 Å². The number of amides is 1. The average Bonchev–Trinajstić information content (AvgIpc) is 2.79. The highest BCUT2D eigenvalue weighted by molar-refractivity contribution is 9.10. The molecule has 0 fully saturated rings. The fraction of sp³-hybridized carbons (Fsp3) is 0.130. The lowest BCUT2D eigenvalue weighted by atomic mass is 10.1. The molecule has 0 saturated heterocycles. The van der Waals surface area contributed by atoms with Crippen LogP contribution in [0.3, 0.4) is 0 Å². The maximum absolute atomic E-state index is 13.0. The van der Waals surface area contributed by atoms with E-state index in [9.17, 15) is 18.0 Å². The summed E-state index contributed by atoms with van der Waals surface area (Å²) >= 11 is 3.28. The number of halogens is 1. The monoisotopic (exact) mass is 516 g/mol. The summed E-state index contributed by atoms with van der Waals surface area (Å²) in [5.74, 6) is -1.02. The number of esters is 1. The van der Waals surface area contributed by atoms with E-state index >= 15 is 0 Å². The van der Waals surface area contributed by atoms with Gasteiger partial charge in [-0.15, -0.1) is 0 Å². The van der Waals surface area contributed by atoms with Gasteiger partial charge in [-0.25, -0.2) is 13.2 Å². The highest BCUT2D eigenvalue weighted by atomic mass is 79.9. The van der Waals surface area contributed by atoms with Crippen LogP contribution in [0.2, 0.25) is 0 Å². The third-order valence-corrected chi connectivity index (χ3v) is 6.61. The largest absolute Gasteiger partial charge is 0.465 e. The smallest absolute Gasteiger partial charge is 0.337 e. The van der Waals surface area contributed by atoms with Gasteiger partial charge in [0, 0.05) is 10.2 Å². The van der Waals surface area contributed by atoms with Gasteiger partial charge >= 0.3 is 5.97 Å². The first-order chi connectivity index (χ1) is 15.3. The van der Waals surface area contributed by atoms with Crippen molar-refractivity contribution in [1.29, 1.82) is 0 Å². The highest BCUT2D eigenvalue weighted by Gasteiger charge is 2.26. The molecular formula is C23H21BrN2O5S. The number of anilines is 1. The molecule has 0 unspecified atom stereocenters. The van der Waals surface area contributed by atoms with Gasteiger partial charge in [0.15, 0.2) is 0 Å². The summed E-state index contributed by atoms with van der Waals surface area (Å²) in [5.41, 5.74) is 1.55. The van der Waals surface area contributed by atoms with Gasteiger partial charge in [-0.2, -0.15) is 4.72 Å². The van der Waals surface area contributed by atoms with Crippen LogP contribution in [0.15, 0.2) is 88.2 Å². The van der Waals surface area contributed by atoms with Crippen molar-refractivity contribution in [2.24, 2.45) is 0 Å². The lowest BCUT2D eigenvalue weighted by Gasteiger charge is -2.19. The molecule has 1 atom stereocenters. The molecule has 3 rings (SSSR count). The third kappa shape index (κ3) is 6.25. The first-order valence-corrected chi connectivity index (χ1v) is 11.9. The number of methoxy groups -OCH3 is 1. The van der Waals surface area contributed by atoms with Crippen LogP contribution in [0.5, 0.6) is 0 Å². The highest BCUT2D eigenvalue weighted by Crippen LogP contribution is 2.17. The average molecular weight is 517 g/mol. The zero-order chi connectivity index (χ0) is 23.1. The van der Waals surface area contributed by atoms with Crippen molar-refractivity contribution in [3.05, 3.63) is 94.5 Å². The van der Waals surface area contributed by atoms with Gasteiger partial charge < -0.3 is 10.1 Å². The summed E-state index contributed by atoms with van der Waals surface area (Å²) in [6.45, 7) is 0. The van der Waals surface area contributed by atoms with Gasteiger partial charge in [-0.1, -0.05) is 46.3 Å². The topological polar surface area (TPSA) is 102 Å². The zero-order valence-electron chi connectivity index (χ0n) is 17.1. The van der Waals surface area contributed by atoms with Crippen molar-refractivity contribution in [3.8, 4) is 0 Å². The Morgan fingerprint density at radius 2 is 1.56 bits per heavy atom. The minimum atomic E-state index is -3.95. The standard InChI is InChI=1S/C23H21BrN2O5S/c1-31-23(28)17-7-11-19(12-8-17)25-22(27)21(15-16-5-3-2-4-6-16)26-32(29,30)20-13-9-18(24)10-14-20/h2-14,21,26H,15H2,1H3,(H,25,27)/t21-/m0/s1. The molecular weight excluding hydrogens is 496 g/mol. The molecule has 3 aromatic rings. The van der Waals surface area contributed by atoms with E-state index < -0.39 is 27.9 Å². The van der Waals surface area contributed by atoms with Gasteiger partial charge in [0.2, 0.25) is 15.9 Å². The maximum atomic E-state index is 13.0. The Morgan fingerprint density at radius 1 is 0.938 bits per heavy atom. The first-order valence-electron chi connectivity index (χ1n) is 9.59. The van der Waals surface area contributed by atoms with Gasteiger partial charge in [0.05, 0.1) is 17.6 Å². The molecule has 1 amide bonds. The number of nitrogens with one attached hydrogen (secondary N) is 2. The third-order valence-electron chi connectivity index (χ3n) is 4.59. The summed E-state index contributed by atoms with van der Waals surface area (Å²) in [7, 11) is -2.67. The Kier molecular flexibility index (Phi) is 7.79. The van der Waals surface area contributed by atoms with E-state index in [-0.39, 0.29) is 11.3 Å². The lowest BCUT2D eigenvalue weighted by molar-refractivity contribution is -0.117. The Labute approximate surface area is 195 Å². The number of carbonyl (C=O) groups excluding carboxylic acids is 2. The lowest BCUT2D eigenvalue weighted by Crippen LogP contribution is -2.45. The van der Waals surface area contributed by atoms with Crippen LogP contribution in [0.4, 0.5) is 5.69 Å². The summed E-state index contributed by atoms with van der Waals surface area (Å²) < 4.78 is 33.7. The molecule has 166 valence electrons. The Hall–Kier alpha value is -3.01. The van der Waals surface area contributed by atoms with E-state index in [0.717, 1.165) is 10.0 Å². The molecule has 7 nitrogen and oxygen atoms in total. The van der Waals surface area contributed by atoms with Crippen molar-refractivity contribution >= 4 is 43.5 Å². The SMILES string of the molecule is COC(=O)c1ccc(NC(=O)[C@H](Cc2ccccc2)NS(=O)(=O)c2ccc(Br)cc2)cc1. The van der Waals surface area contributed by atoms with Crippen LogP contribution < -0.4 is 10.0 Å². The van der Waals surface area contributed by atoms with E-state index in [1.54, 1.807) is 24.3 Å². The number of rotatable bonds is 8. The summed E-state index contributed by atoms with van der Waals surface area (Å²) in [5, 5.41) is 2.70. The Morgan fingerprint density at radius 3 is 2.16 bits per heavy atom. The van der Waals surface area contributed by atoms with Gasteiger partial charge in [0.25, 0.3) is 0 Å². The molecule has 3 aromatic carbocycles. The molecule has 0 spiro atoms. The molecule has 0 aliphatic carbocycles. The molecule has 0 saturated carbocycles. The summed E-state index contributed by atoms with van der Waals surface area (Å²) in [4.78, 5) is 24.6. The molecule has 0 aliphatic heterocycles. The summed E-state index contributed by atoms with van der Waals surface area (Å²) in [6, 6.07) is 20.3. The number of benzene rings is 3. The predicted molar refractivity (Wildman–Crippen MR) is 125 cm³/mol. The van der Waals surface area contributed by atoms with Crippen LogP contribution in [0.25, 0.3) is 0 Å². The Balaban J connectivity index is 1.82. The minimum absolute atomic E-state index is 0.0500. The van der Waals surface area contributed by atoms with Crippen molar-refractivity contribution < 1.29 is 22.7 Å². The molecule has 32 heavy (non-hydrogen) atoms. The van der Waals surface area contributed by atoms with Crippen molar-refractivity contribution in [2.75, 3.05) is 12.4 Å². The zero-order valence-corrected chi connectivity index (χ0v) is 19.5. The molecule has 9 heteroatoms. The van der Waals surface area contributed by atoms with Crippen LogP contribution in [-0.2, 0) is 26.0 Å². The predicted octanol–water partition coefficient (Wildman–Crippen LogP) is 3.76. The summed E-state index contributed by atoms with van der Waals surface area (Å²) in [6.07, 6.45) is 0.155. The molecule has 2 N–H and O–H groups in total. The number of ether oxygens (including phenoxy) is 1. The number of carbonyl (C=O) groups is 2. The second-order valence-electron chi connectivity index (χ2n) is 6.88. The van der Waals surface area contributed by atoms with Crippen molar-refractivity contribution in [3.63, 3.8) is 0 Å². The Bertz CT molecular complexity index is 1180. The molecule has 0 aliphatic rings. The van der Waals surface area contributed by atoms with E-state index in [2.05, 4.69) is 30.7 Å². The van der Waals surface area contributed by atoms with Crippen LogP contribution in [0.1, 0.15) is 15.9 Å². The molecule has 0 bridgehead atoms. The van der Waals surface area contributed by atoms with Crippen LogP contribution in [0, 0.1) is 0 Å². The van der Waals surface area contributed by atoms with E-state index in [1.165, 1.54) is 31.4 Å². The van der Waals surface area contributed by atoms with Crippen LogP contribution >= 0.6 is 15.9 Å². The fourth-order valence-electron chi connectivity index (χ4n) is 2.94. The van der Waals surface area contributed by atoms with Crippen LogP contribution in [-0.4, -0.2) is 33.4 Å². The number of hydrogen-bond acceptors (Lipinski definition) is 5. The maximum Gasteiger partial charge on any atom is 0.337 e. The van der Waals surface area contributed by atoms with Gasteiger partial charge in [-0.3, -0.25) is 4.79 Å². The van der Waals surface area contributed by atoms with Crippen molar-refractivity contribution in [1.82, 2.24) is 4.72 Å². The van der Waals surface area contributed by atoms with Gasteiger partial charge in [0.1, 0.15) is 6.04 Å². The number of hydrogen-bond donors (Lipinski definition) is 2. The second kappa shape index (κ2) is 10.5. The minimum Gasteiger partial charge on any atom is -0.465 e. The van der Waals surface area contributed by atoms with E-state index in [1.807, 2.05) is 30.3 Å². The van der Waals surface area contributed by atoms with Gasteiger partial charge in [-0.05, 0) is 60.5 Å².